The van der Waals surface area contributed by atoms with Gasteiger partial charge in [0.2, 0.25) is 0 Å². The van der Waals surface area contributed by atoms with Gasteiger partial charge in [0.25, 0.3) is 0 Å². The first kappa shape index (κ1) is 30.7. The summed E-state index contributed by atoms with van der Waals surface area (Å²) >= 11 is -5.05. The number of benzene rings is 2. The summed E-state index contributed by atoms with van der Waals surface area (Å²) in [5, 5.41) is 5.08. The van der Waals surface area contributed by atoms with Crippen LogP contribution in [0.4, 0.5) is 28.9 Å². The van der Waals surface area contributed by atoms with Crippen LogP contribution in [-0.4, -0.2) is 11.8 Å². The Morgan fingerprint density at radius 1 is 0.610 bits per heavy atom. The first-order chi connectivity index (χ1) is 19.1. The van der Waals surface area contributed by atoms with Gasteiger partial charge in [-0.15, -0.1) is 0 Å². The molecule has 2 aliphatic carbocycles. The Morgan fingerprint density at radius 2 is 0.927 bits per heavy atom. The van der Waals surface area contributed by atoms with Crippen molar-refractivity contribution >= 4 is 30.9 Å². The fourth-order valence-corrected chi connectivity index (χ4v) is 14.0. The van der Waals surface area contributed by atoms with Crippen molar-refractivity contribution < 1.29 is 43.7 Å². The molecule has 0 heterocycles. The number of carbonyl (C=O) groups is 2. The van der Waals surface area contributed by atoms with Gasteiger partial charge in [0, 0.05) is 0 Å². The summed E-state index contributed by atoms with van der Waals surface area (Å²) in [5.74, 6) is -5.04. The van der Waals surface area contributed by atoms with Crippen molar-refractivity contribution in [2.45, 2.75) is 50.0 Å². The molecule has 0 bridgehead atoms. The quantitative estimate of drug-likeness (QED) is 0.273. The Labute approximate surface area is 241 Å². The molecule has 0 aliphatic heterocycles. The molecular weight excluding hydrogens is 568 g/mol. The van der Waals surface area contributed by atoms with Crippen molar-refractivity contribution in [2.75, 3.05) is 10.6 Å². The fourth-order valence-electron chi connectivity index (χ4n) is 5.16. The first-order valence-corrected chi connectivity index (χ1v) is 16.8. The number of halogens is 4. The van der Waals surface area contributed by atoms with Gasteiger partial charge in [-0.25, -0.2) is 0 Å². The molecule has 0 aromatic heterocycles. The normalized spacial score (nSPS) is 15.7. The molecule has 0 atom stereocenters. The van der Waals surface area contributed by atoms with Crippen molar-refractivity contribution in [1.29, 1.82) is 0 Å². The molecule has 0 fully saturated rings. The summed E-state index contributed by atoms with van der Waals surface area (Å²) < 4.78 is 63.3. The van der Waals surface area contributed by atoms with Crippen LogP contribution in [0.3, 0.4) is 0 Å². The molecule has 4 rings (SSSR count). The van der Waals surface area contributed by atoms with E-state index < -0.39 is 78.7 Å². The number of hydrogen-bond donors (Lipinski definition) is 2. The van der Waals surface area contributed by atoms with Crippen molar-refractivity contribution in [1.82, 2.24) is 0 Å². The first-order valence-electron chi connectivity index (χ1n) is 13.4. The van der Waals surface area contributed by atoms with Crippen molar-refractivity contribution in [3.8, 4) is 0 Å². The topological polar surface area (TPSA) is 58.2 Å². The van der Waals surface area contributed by atoms with Gasteiger partial charge in [0.05, 0.1) is 0 Å². The number of anilines is 2. The number of amides is 2. The third-order valence-electron chi connectivity index (χ3n) is 7.42. The molecular formula is C32H34F4N2O2Ti. The molecule has 2 N–H and O–H groups in total. The van der Waals surface area contributed by atoms with Crippen molar-refractivity contribution in [3.05, 3.63) is 96.1 Å². The Kier molecular flexibility index (Phi) is 8.41. The Morgan fingerprint density at radius 3 is 1.22 bits per heavy atom. The molecule has 0 saturated carbocycles. The average molecular weight is 602 g/mol. The van der Waals surface area contributed by atoms with Crippen LogP contribution in [0.1, 0.15) is 41.5 Å². The SMILES string of the molecule is CC(C)(C)C(=O)Nc1ccc(F)[c]([Ti]([c]2c(F)ccc(NC(=O)C(C)(C)C)c2F)([CH]2C=CC=C2)[CH]2C=CC=C2)c1F. The number of nitrogens with one attached hydrogen (secondary N) is 2. The van der Waals surface area contributed by atoms with Gasteiger partial charge in [0.15, 0.2) is 0 Å². The second-order valence-electron chi connectivity index (χ2n) is 12.4. The van der Waals surface area contributed by atoms with E-state index in [0.29, 0.717) is 0 Å². The summed E-state index contributed by atoms with van der Waals surface area (Å²) in [5.41, 5.74) is -2.31. The maximum atomic E-state index is 16.7. The molecule has 0 spiro atoms. The van der Waals surface area contributed by atoms with Gasteiger partial charge in [-0.1, -0.05) is 0 Å². The third kappa shape index (κ3) is 5.64. The van der Waals surface area contributed by atoms with Gasteiger partial charge in [-0.3, -0.25) is 0 Å². The number of rotatable bonds is 6. The zero-order valence-corrected chi connectivity index (χ0v) is 25.5. The van der Waals surface area contributed by atoms with Crippen LogP contribution in [0, 0.1) is 34.1 Å². The van der Waals surface area contributed by atoms with E-state index in [4.69, 9.17) is 0 Å². The van der Waals surface area contributed by atoms with Crippen LogP contribution >= 0.6 is 0 Å². The van der Waals surface area contributed by atoms with Crippen LogP contribution < -0.4 is 18.4 Å². The van der Waals surface area contributed by atoms with Gasteiger partial charge in [-0.05, 0) is 0 Å². The number of carbonyl (C=O) groups excluding carboxylic acids is 2. The monoisotopic (exact) mass is 602 g/mol. The molecule has 2 aromatic rings. The Bertz CT molecular complexity index is 1380. The summed E-state index contributed by atoms with van der Waals surface area (Å²) in [6, 6.07) is 4.31. The molecule has 2 aliphatic rings. The molecule has 0 saturated heterocycles. The minimum atomic E-state index is -5.05. The van der Waals surface area contributed by atoms with E-state index in [1.807, 2.05) is 0 Å². The molecule has 4 nitrogen and oxygen atoms in total. The molecule has 0 unspecified atom stereocenters. The van der Waals surface area contributed by atoms with Crippen molar-refractivity contribution in [2.24, 2.45) is 10.8 Å². The summed E-state index contributed by atoms with van der Waals surface area (Å²) in [6.07, 6.45) is 13.6. The summed E-state index contributed by atoms with van der Waals surface area (Å²) in [4.78, 5) is 25.6. The second kappa shape index (κ2) is 11.2. The Hall–Kier alpha value is -3.23. The zero-order valence-electron chi connectivity index (χ0n) is 23.9. The third-order valence-corrected chi connectivity index (χ3v) is 15.9. The molecule has 216 valence electrons. The van der Waals surface area contributed by atoms with Crippen LogP contribution in [0.2, 0.25) is 8.45 Å². The van der Waals surface area contributed by atoms with Gasteiger partial charge < -0.3 is 0 Å². The molecule has 2 aromatic carbocycles. The number of hydrogen-bond acceptors (Lipinski definition) is 2. The second-order valence-corrected chi connectivity index (χ2v) is 18.8. The van der Waals surface area contributed by atoms with E-state index >= 15 is 17.6 Å². The molecule has 9 heteroatoms. The standard InChI is InChI=1S/2C11H12F2NO.2C5H5.Ti/c2*1-11(2,3)10(15)14-9-5-4-7(12)6-8(9)13;2*1-2-4-5-3-1;/h2*4-5H,1-3H3,(H,14,15);2*1-5H;. The van der Waals surface area contributed by atoms with E-state index in [0.717, 1.165) is 24.3 Å². The van der Waals surface area contributed by atoms with E-state index in [9.17, 15) is 9.59 Å². The summed E-state index contributed by atoms with van der Waals surface area (Å²) in [7, 11) is 0. The Balaban J connectivity index is 2.09. The van der Waals surface area contributed by atoms with Crippen LogP contribution in [0.25, 0.3) is 0 Å². The van der Waals surface area contributed by atoms with Gasteiger partial charge in [-0.2, -0.15) is 0 Å². The minimum absolute atomic E-state index is 0.272. The predicted octanol–water partition coefficient (Wildman–Crippen LogP) is 7.15. The van der Waals surface area contributed by atoms with E-state index in [2.05, 4.69) is 10.6 Å². The predicted molar refractivity (Wildman–Crippen MR) is 152 cm³/mol. The number of allylic oxidation sites excluding steroid dienone is 8. The van der Waals surface area contributed by atoms with E-state index in [-0.39, 0.29) is 11.4 Å². The summed E-state index contributed by atoms with van der Waals surface area (Å²) in [6.45, 7) is 9.90. The van der Waals surface area contributed by atoms with Crippen LogP contribution in [0.15, 0.2) is 72.9 Å². The average Bonchev–Trinajstić information content (AvgIpc) is 3.60. The molecule has 2 amide bonds. The van der Waals surface area contributed by atoms with Crippen LogP contribution in [0.5, 0.6) is 0 Å². The van der Waals surface area contributed by atoms with Crippen molar-refractivity contribution in [3.63, 3.8) is 0 Å². The van der Waals surface area contributed by atoms with Gasteiger partial charge >= 0.3 is 242 Å². The maximum absolute atomic E-state index is 16.7. The zero-order chi connectivity index (χ0) is 30.3. The molecule has 41 heavy (non-hydrogen) atoms. The van der Waals surface area contributed by atoms with E-state index in [1.54, 1.807) is 90.2 Å². The van der Waals surface area contributed by atoms with Crippen LogP contribution in [-0.2, 0) is 26.2 Å². The molecule has 0 radical (unpaired) electrons. The fraction of sp³-hybridized carbons (Fsp3) is 0.312. The van der Waals surface area contributed by atoms with E-state index in [1.165, 1.54) is 0 Å². The van der Waals surface area contributed by atoms with Gasteiger partial charge in [0.1, 0.15) is 0 Å².